The Balaban J connectivity index is 3.54. The van der Waals surface area contributed by atoms with Crippen LogP contribution in [0.5, 0.6) is 0 Å². The fourth-order valence-corrected chi connectivity index (χ4v) is 0.751. The molecule has 0 aliphatic carbocycles. The first-order valence-corrected chi connectivity index (χ1v) is 5.05. The Morgan fingerprint density at radius 2 is 1.93 bits per heavy atom. The molecule has 84 valence electrons. The number of hydroxylamine groups is 1. The molecule has 0 heterocycles. The quantitative estimate of drug-likeness (QED) is 0.516. The summed E-state index contributed by atoms with van der Waals surface area (Å²) in [4.78, 5) is 18.2. The second kappa shape index (κ2) is 6.79. The lowest BCUT2D eigenvalue weighted by Gasteiger charge is -2.21. The van der Waals surface area contributed by atoms with Crippen molar-refractivity contribution < 1.29 is 9.63 Å². The van der Waals surface area contributed by atoms with E-state index in [1.807, 2.05) is 13.8 Å². The predicted molar refractivity (Wildman–Crippen MR) is 56.7 cm³/mol. The van der Waals surface area contributed by atoms with Crippen LogP contribution >= 0.6 is 0 Å². The molecule has 0 aromatic carbocycles. The van der Waals surface area contributed by atoms with Gasteiger partial charge in [-0.15, -0.1) is 0 Å². The topological polar surface area (TPSA) is 41.6 Å². The summed E-state index contributed by atoms with van der Waals surface area (Å²) in [6, 6.07) is 0.231. The lowest BCUT2D eigenvalue weighted by atomic mass is 10.2. The molecule has 0 atom stereocenters. The summed E-state index contributed by atoms with van der Waals surface area (Å²) in [6.45, 7) is 8.94. The van der Waals surface area contributed by atoms with Crippen molar-refractivity contribution in [2.24, 2.45) is 5.92 Å². The number of carbonyl (C=O) groups excluding carboxylic acids is 1. The molecule has 0 saturated heterocycles. The van der Waals surface area contributed by atoms with E-state index in [2.05, 4.69) is 19.3 Å². The Labute approximate surface area is 86.6 Å². The van der Waals surface area contributed by atoms with Crippen molar-refractivity contribution in [3.63, 3.8) is 0 Å². The number of rotatable bonds is 6. The maximum Gasteiger partial charge on any atom is 0.238 e. The third-order valence-electron chi connectivity index (χ3n) is 1.91. The molecule has 0 aliphatic rings. The first-order chi connectivity index (χ1) is 6.45. The molecular formula is C10H22N2O2. The molecule has 4 nitrogen and oxygen atoms in total. The van der Waals surface area contributed by atoms with Gasteiger partial charge in [0.15, 0.2) is 0 Å². The summed E-state index contributed by atoms with van der Waals surface area (Å²) < 4.78 is 0. The van der Waals surface area contributed by atoms with Crippen molar-refractivity contribution in [1.82, 2.24) is 10.4 Å². The summed E-state index contributed by atoms with van der Waals surface area (Å²) >= 11 is 0. The van der Waals surface area contributed by atoms with Crippen molar-refractivity contribution in [3.8, 4) is 0 Å². The van der Waals surface area contributed by atoms with Crippen molar-refractivity contribution >= 4 is 5.91 Å². The minimum atomic E-state index is 0.0451. The van der Waals surface area contributed by atoms with Gasteiger partial charge in [0.1, 0.15) is 6.54 Å². The van der Waals surface area contributed by atoms with E-state index in [9.17, 15) is 4.79 Å². The molecular weight excluding hydrogens is 180 g/mol. The average Bonchev–Trinajstić information content (AvgIpc) is 2.10. The van der Waals surface area contributed by atoms with Crippen molar-refractivity contribution in [3.05, 3.63) is 0 Å². The van der Waals surface area contributed by atoms with E-state index in [-0.39, 0.29) is 18.5 Å². The zero-order valence-electron chi connectivity index (χ0n) is 9.83. The fraction of sp³-hybridized carbons (Fsp3) is 0.900. The fourth-order valence-electron chi connectivity index (χ4n) is 0.751. The normalized spacial score (nSPS) is 11.1. The van der Waals surface area contributed by atoms with Gasteiger partial charge in [-0.25, -0.2) is 0 Å². The number of hydrogen-bond donors (Lipinski definition) is 1. The minimum Gasteiger partial charge on any atom is -0.342 e. The zero-order valence-corrected chi connectivity index (χ0v) is 9.83. The molecule has 0 aromatic rings. The Kier molecular flexibility index (Phi) is 6.49. The van der Waals surface area contributed by atoms with Crippen LogP contribution in [0.1, 0.15) is 27.7 Å². The van der Waals surface area contributed by atoms with Crippen molar-refractivity contribution in [2.75, 3.05) is 20.2 Å². The Hall–Kier alpha value is -0.610. The molecule has 0 saturated carbocycles. The largest absolute Gasteiger partial charge is 0.342 e. The second-order valence-corrected chi connectivity index (χ2v) is 4.12. The van der Waals surface area contributed by atoms with Crippen LogP contribution in [-0.4, -0.2) is 37.0 Å². The van der Waals surface area contributed by atoms with Gasteiger partial charge in [-0.1, -0.05) is 13.8 Å². The summed E-state index contributed by atoms with van der Waals surface area (Å²) in [6.07, 6.45) is 0. The van der Waals surface area contributed by atoms with E-state index in [0.717, 1.165) is 0 Å². The number of hydrogen-bond acceptors (Lipinski definition) is 3. The van der Waals surface area contributed by atoms with Gasteiger partial charge < -0.3 is 9.74 Å². The van der Waals surface area contributed by atoms with E-state index in [1.54, 1.807) is 11.9 Å². The van der Waals surface area contributed by atoms with Gasteiger partial charge >= 0.3 is 0 Å². The van der Waals surface area contributed by atoms with Gasteiger partial charge in [-0.3, -0.25) is 4.79 Å². The molecule has 0 aliphatic heterocycles. The molecule has 1 amide bonds. The summed E-state index contributed by atoms with van der Waals surface area (Å²) in [5.74, 6) is 0.518. The lowest BCUT2D eigenvalue weighted by Crippen LogP contribution is -2.39. The number of nitrogens with one attached hydrogen (secondary N) is 1. The molecule has 0 rings (SSSR count). The monoisotopic (exact) mass is 202 g/mol. The van der Waals surface area contributed by atoms with Crippen LogP contribution in [0.2, 0.25) is 0 Å². The van der Waals surface area contributed by atoms with Crippen molar-refractivity contribution in [1.29, 1.82) is 0 Å². The van der Waals surface area contributed by atoms with Crippen molar-refractivity contribution in [2.45, 2.75) is 33.7 Å². The molecule has 0 unspecified atom stereocenters. The van der Waals surface area contributed by atoms with Crippen LogP contribution in [0.3, 0.4) is 0 Å². The predicted octanol–water partition coefficient (Wildman–Crippen LogP) is 1.03. The van der Waals surface area contributed by atoms with Crippen LogP contribution in [-0.2, 0) is 9.63 Å². The average molecular weight is 202 g/mol. The van der Waals surface area contributed by atoms with Gasteiger partial charge in [-0.2, -0.15) is 5.48 Å². The smallest absolute Gasteiger partial charge is 0.238 e. The molecule has 0 spiro atoms. The Morgan fingerprint density at radius 3 is 2.36 bits per heavy atom. The van der Waals surface area contributed by atoms with Gasteiger partial charge in [0.05, 0.1) is 6.61 Å². The van der Waals surface area contributed by atoms with Crippen LogP contribution in [0.25, 0.3) is 0 Å². The highest BCUT2D eigenvalue weighted by Crippen LogP contribution is 1.94. The molecule has 0 bridgehead atoms. The maximum atomic E-state index is 11.4. The maximum absolute atomic E-state index is 11.4. The number of amides is 1. The Morgan fingerprint density at radius 1 is 1.36 bits per heavy atom. The van der Waals surface area contributed by atoms with E-state index in [1.165, 1.54) is 0 Å². The van der Waals surface area contributed by atoms with Crippen LogP contribution < -0.4 is 5.48 Å². The first-order valence-electron chi connectivity index (χ1n) is 5.05. The molecule has 0 radical (unpaired) electrons. The molecule has 4 heteroatoms. The number of carbonyl (C=O) groups is 1. The SMILES string of the molecule is CC(C)CONCC(=O)N(C)C(C)C. The highest BCUT2D eigenvalue weighted by molar-refractivity contribution is 5.78. The van der Waals surface area contributed by atoms with Gasteiger partial charge in [0.25, 0.3) is 0 Å². The second-order valence-electron chi connectivity index (χ2n) is 4.12. The highest BCUT2D eigenvalue weighted by atomic mass is 16.6. The van der Waals surface area contributed by atoms with E-state index >= 15 is 0 Å². The van der Waals surface area contributed by atoms with Crippen LogP contribution in [0.15, 0.2) is 0 Å². The summed E-state index contributed by atoms with van der Waals surface area (Å²) in [7, 11) is 1.79. The minimum absolute atomic E-state index is 0.0451. The van der Waals surface area contributed by atoms with E-state index in [0.29, 0.717) is 12.5 Å². The van der Waals surface area contributed by atoms with Crippen LogP contribution in [0, 0.1) is 5.92 Å². The zero-order chi connectivity index (χ0) is 11.1. The first kappa shape index (κ1) is 13.4. The van der Waals surface area contributed by atoms with Crippen LogP contribution in [0.4, 0.5) is 0 Å². The van der Waals surface area contributed by atoms with E-state index < -0.39 is 0 Å². The highest BCUT2D eigenvalue weighted by Gasteiger charge is 2.10. The Bertz CT molecular complexity index is 170. The molecule has 1 N–H and O–H groups in total. The summed E-state index contributed by atoms with van der Waals surface area (Å²) in [5, 5.41) is 0. The molecule has 0 aromatic heterocycles. The third kappa shape index (κ3) is 5.94. The molecule has 14 heavy (non-hydrogen) atoms. The number of nitrogens with zero attached hydrogens (tertiary/aromatic N) is 1. The van der Waals surface area contributed by atoms with Gasteiger partial charge in [-0.05, 0) is 19.8 Å². The lowest BCUT2D eigenvalue weighted by molar-refractivity contribution is -0.133. The molecule has 0 fully saturated rings. The van der Waals surface area contributed by atoms with Gasteiger partial charge in [0.2, 0.25) is 5.91 Å². The third-order valence-corrected chi connectivity index (χ3v) is 1.91. The van der Waals surface area contributed by atoms with Gasteiger partial charge in [0, 0.05) is 13.1 Å². The summed E-state index contributed by atoms with van der Waals surface area (Å²) in [5.41, 5.74) is 2.66. The number of likely N-dealkylation sites (N-methyl/N-ethyl adjacent to an activating group) is 1. The van der Waals surface area contributed by atoms with E-state index in [4.69, 9.17) is 4.84 Å². The standard InChI is InChI=1S/C10H22N2O2/c1-8(2)7-14-11-6-10(13)12(5)9(3)4/h8-9,11H,6-7H2,1-5H3.